The maximum absolute atomic E-state index is 11.0. The van der Waals surface area contributed by atoms with E-state index in [1.54, 1.807) is 6.92 Å². The fraction of sp³-hybridized carbons (Fsp3) is 0.250. The van der Waals surface area contributed by atoms with Crippen LogP contribution in [-0.4, -0.2) is 17.7 Å². The zero-order valence-electron chi connectivity index (χ0n) is 8.89. The van der Waals surface area contributed by atoms with Crippen LogP contribution in [0, 0.1) is 3.57 Å². The molecule has 1 rings (SSSR count). The molecule has 0 saturated heterocycles. The Morgan fingerprint density at radius 2 is 2.12 bits per heavy atom. The Morgan fingerprint density at radius 1 is 1.50 bits per heavy atom. The molecule has 0 unspecified atom stereocenters. The molecule has 0 aliphatic carbocycles. The molecule has 0 saturated carbocycles. The normalized spacial score (nSPS) is 12.7. The first kappa shape index (κ1) is 13.2. The average Bonchev–Trinajstić information content (AvgIpc) is 2.27. The molecule has 0 bridgehead atoms. The summed E-state index contributed by atoms with van der Waals surface area (Å²) in [4.78, 5) is 11.0. The molecule has 0 spiro atoms. The van der Waals surface area contributed by atoms with Crippen LogP contribution in [0.3, 0.4) is 0 Å². The highest BCUT2D eigenvalue weighted by Crippen LogP contribution is 2.15. The topological polar surface area (TPSA) is 46.5 Å². The Balaban J connectivity index is 2.61. The van der Waals surface area contributed by atoms with E-state index in [4.69, 9.17) is 4.74 Å². The van der Waals surface area contributed by atoms with Gasteiger partial charge in [0.25, 0.3) is 0 Å². The van der Waals surface area contributed by atoms with Crippen LogP contribution in [-0.2, 0) is 9.53 Å². The first-order chi connectivity index (χ1) is 7.63. The number of benzene rings is 1. The Morgan fingerprint density at radius 3 is 2.69 bits per heavy atom. The van der Waals surface area contributed by atoms with E-state index < -0.39 is 12.1 Å². The number of aliphatic hydroxyl groups is 1. The molecule has 0 amide bonds. The Hall–Kier alpha value is -0.880. The highest BCUT2D eigenvalue weighted by molar-refractivity contribution is 14.1. The van der Waals surface area contributed by atoms with E-state index in [1.807, 2.05) is 24.3 Å². The van der Waals surface area contributed by atoms with Crippen molar-refractivity contribution in [3.63, 3.8) is 0 Å². The van der Waals surface area contributed by atoms with E-state index >= 15 is 0 Å². The second kappa shape index (κ2) is 6.65. The van der Waals surface area contributed by atoms with Gasteiger partial charge < -0.3 is 9.84 Å². The number of hydrogen-bond acceptors (Lipinski definition) is 3. The van der Waals surface area contributed by atoms with E-state index in [0.29, 0.717) is 6.61 Å². The van der Waals surface area contributed by atoms with Gasteiger partial charge in [-0.2, -0.15) is 0 Å². The molecule has 1 atom stereocenters. The minimum absolute atomic E-state index is 0.336. The number of aliphatic hydroxyl groups excluding tert-OH is 1. The number of rotatable bonds is 4. The smallest absolute Gasteiger partial charge is 0.330 e. The molecule has 1 N–H and O–H groups in total. The summed E-state index contributed by atoms with van der Waals surface area (Å²) in [5.41, 5.74) is 0.751. The van der Waals surface area contributed by atoms with Crippen LogP contribution < -0.4 is 0 Å². The van der Waals surface area contributed by atoms with Crippen LogP contribution in [0.25, 0.3) is 0 Å². The predicted octanol–water partition coefficient (Wildman–Crippen LogP) is 2.44. The molecule has 0 fully saturated rings. The zero-order chi connectivity index (χ0) is 12.0. The van der Waals surface area contributed by atoms with Crippen molar-refractivity contribution in [1.29, 1.82) is 0 Å². The minimum Gasteiger partial charge on any atom is -0.463 e. The van der Waals surface area contributed by atoms with Gasteiger partial charge in [-0.3, -0.25) is 0 Å². The van der Waals surface area contributed by atoms with Crippen LogP contribution in [0.1, 0.15) is 18.6 Å². The minimum atomic E-state index is -0.776. The predicted molar refractivity (Wildman–Crippen MR) is 69.9 cm³/mol. The number of esters is 1. The molecule has 0 aromatic heterocycles. The highest BCUT2D eigenvalue weighted by Gasteiger charge is 2.03. The second-order valence-electron chi connectivity index (χ2n) is 3.11. The van der Waals surface area contributed by atoms with Crippen molar-refractivity contribution in [2.45, 2.75) is 13.0 Å². The van der Waals surface area contributed by atoms with Gasteiger partial charge in [0, 0.05) is 9.65 Å². The molecular formula is C12H13IO3. The number of halogens is 1. The second-order valence-corrected chi connectivity index (χ2v) is 4.35. The maximum atomic E-state index is 11.0. The summed E-state index contributed by atoms with van der Waals surface area (Å²) in [5.74, 6) is -0.438. The quantitative estimate of drug-likeness (QED) is 0.523. The molecule has 1 aromatic rings. The van der Waals surface area contributed by atoms with Crippen LogP contribution in [0.5, 0.6) is 0 Å². The zero-order valence-corrected chi connectivity index (χ0v) is 11.0. The van der Waals surface area contributed by atoms with E-state index in [0.717, 1.165) is 9.13 Å². The van der Waals surface area contributed by atoms with Gasteiger partial charge in [-0.1, -0.05) is 12.1 Å². The van der Waals surface area contributed by atoms with Gasteiger partial charge in [-0.25, -0.2) is 4.79 Å². The van der Waals surface area contributed by atoms with Gasteiger partial charge in [-0.15, -0.1) is 0 Å². The summed E-state index contributed by atoms with van der Waals surface area (Å²) < 4.78 is 5.81. The fourth-order valence-corrected chi connectivity index (χ4v) is 1.49. The van der Waals surface area contributed by atoms with Crippen molar-refractivity contribution in [2.75, 3.05) is 6.61 Å². The lowest BCUT2D eigenvalue weighted by Crippen LogP contribution is -2.01. The monoisotopic (exact) mass is 332 g/mol. The van der Waals surface area contributed by atoms with Gasteiger partial charge >= 0.3 is 5.97 Å². The van der Waals surface area contributed by atoms with Crippen molar-refractivity contribution in [2.24, 2.45) is 0 Å². The SMILES string of the molecule is CCOC(=O)/C=C/[C@H](O)c1ccc(I)cc1. The largest absolute Gasteiger partial charge is 0.463 e. The summed E-state index contributed by atoms with van der Waals surface area (Å²) in [6.07, 6.45) is 1.88. The van der Waals surface area contributed by atoms with Gasteiger partial charge in [0.2, 0.25) is 0 Å². The average molecular weight is 332 g/mol. The summed E-state index contributed by atoms with van der Waals surface area (Å²) in [6, 6.07) is 7.44. The van der Waals surface area contributed by atoms with E-state index in [9.17, 15) is 9.90 Å². The Kier molecular flexibility index (Phi) is 5.48. The van der Waals surface area contributed by atoms with Crippen molar-refractivity contribution in [3.05, 3.63) is 45.6 Å². The van der Waals surface area contributed by atoms with E-state index in [2.05, 4.69) is 22.6 Å². The summed E-state index contributed by atoms with van der Waals surface area (Å²) in [6.45, 7) is 2.07. The number of ether oxygens (including phenoxy) is 1. The Bertz CT molecular complexity index is 370. The lowest BCUT2D eigenvalue weighted by Gasteiger charge is -2.05. The summed E-state index contributed by atoms with van der Waals surface area (Å²) >= 11 is 2.19. The maximum Gasteiger partial charge on any atom is 0.330 e. The fourth-order valence-electron chi connectivity index (χ4n) is 1.13. The third kappa shape index (κ3) is 4.32. The molecule has 0 aliphatic rings. The Labute approximate surface area is 108 Å². The van der Waals surface area contributed by atoms with Crippen molar-refractivity contribution in [3.8, 4) is 0 Å². The van der Waals surface area contributed by atoms with E-state index in [-0.39, 0.29) is 0 Å². The third-order valence-corrected chi connectivity index (χ3v) is 2.63. The number of carbonyl (C=O) groups excluding carboxylic acids is 1. The van der Waals surface area contributed by atoms with Gasteiger partial charge in [0.1, 0.15) is 0 Å². The number of carbonyl (C=O) groups is 1. The molecule has 0 heterocycles. The first-order valence-electron chi connectivity index (χ1n) is 4.92. The van der Waals surface area contributed by atoms with Crippen molar-refractivity contribution >= 4 is 28.6 Å². The molecule has 86 valence electrons. The molecule has 0 aliphatic heterocycles. The highest BCUT2D eigenvalue weighted by atomic mass is 127. The lowest BCUT2D eigenvalue weighted by molar-refractivity contribution is -0.137. The van der Waals surface area contributed by atoms with Crippen LogP contribution in [0.4, 0.5) is 0 Å². The summed E-state index contributed by atoms with van der Waals surface area (Å²) in [7, 11) is 0. The van der Waals surface area contributed by atoms with Crippen LogP contribution in [0.2, 0.25) is 0 Å². The molecule has 0 radical (unpaired) electrons. The molecule has 1 aromatic carbocycles. The lowest BCUT2D eigenvalue weighted by atomic mass is 10.1. The first-order valence-corrected chi connectivity index (χ1v) is 6.00. The van der Waals surface area contributed by atoms with Crippen LogP contribution in [0.15, 0.2) is 36.4 Å². The molecule has 4 heteroatoms. The molecular weight excluding hydrogens is 319 g/mol. The van der Waals surface area contributed by atoms with Gasteiger partial charge in [0.05, 0.1) is 12.7 Å². The molecule has 16 heavy (non-hydrogen) atoms. The summed E-state index contributed by atoms with van der Waals surface area (Å²) in [5, 5.41) is 9.73. The molecule has 3 nitrogen and oxygen atoms in total. The van der Waals surface area contributed by atoms with Crippen molar-refractivity contribution in [1.82, 2.24) is 0 Å². The van der Waals surface area contributed by atoms with Gasteiger partial charge in [0.15, 0.2) is 0 Å². The van der Waals surface area contributed by atoms with Gasteiger partial charge in [-0.05, 0) is 53.3 Å². The number of hydrogen-bond donors (Lipinski definition) is 1. The third-order valence-electron chi connectivity index (χ3n) is 1.91. The van der Waals surface area contributed by atoms with Crippen LogP contribution >= 0.6 is 22.6 Å². The van der Waals surface area contributed by atoms with E-state index in [1.165, 1.54) is 12.2 Å². The van der Waals surface area contributed by atoms with Crippen molar-refractivity contribution < 1.29 is 14.6 Å². The standard InChI is InChI=1S/C12H13IO3/c1-2-16-12(15)8-7-11(14)9-3-5-10(13)6-4-9/h3-8,11,14H,2H2,1H3/b8-7+/t11-/m0/s1.